The second-order valence-electron chi connectivity index (χ2n) is 5.64. The van der Waals surface area contributed by atoms with Gasteiger partial charge in [0, 0.05) is 6.42 Å². The molecule has 1 heterocycles. The number of rotatable bonds is 5. The highest BCUT2D eigenvalue weighted by Crippen LogP contribution is 2.31. The van der Waals surface area contributed by atoms with Gasteiger partial charge in [0.15, 0.2) is 0 Å². The van der Waals surface area contributed by atoms with Gasteiger partial charge >= 0.3 is 6.18 Å². The normalized spacial score (nSPS) is 19.6. The topological polar surface area (TPSA) is 21.3 Å². The molecule has 2 unspecified atom stereocenters. The zero-order valence-corrected chi connectivity index (χ0v) is 11.8. The molecular formula is C15H20F3NO. The fourth-order valence-electron chi connectivity index (χ4n) is 2.57. The molecule has 1 aromatic carbocycles. The molecule has 0 fully saturated rings. The summed E-state index contributed by atoms with van der Waals surface area (Å²) in [5.74, 6) is 1.06. The van der Waals surface area contributed by atoms with E-state index in [4.69, 9.17) is 4.74 Å². The number of benzene rings is 1. The van der Waals surface area contributed by atoms with Crippen molar-refractivity contribution in [3.8, 4) is 5.75 Å². The predicted octanol–water partition coefficient (Wildman–Crippen LogP) is 3.48. The Morgan fingerprint density at radius 1 is 1.40 bits per heavy atom. The lowest BCUT2D eigenvalue weighted by atomic mass is 9.99. The van der Waals surface area contributed by atoms with Crippen LogP contribution in [0.2, 0.25) is 0 Å². The number of halogens is 3. The third-order valence-corrected chi connectivity index (χ3v) is 3.44. The van der Waals surface area contributed by atoms with Crippen LogP contribution in [0.4, 0.5) is 13.2 Å². The monoisotopic (exact) mass is 287 g/mol. The largest absolute Gasteiger partial charge is 0.490 e. The maximum Gasteiger partial charge on any atom is 0.401 e. The molecule has 2 atom stereocenters. The Hall–Kier alpha value is -1.23. The summed E-state index contributed by atoms with van der Waals surface area (Å²) >= 11 is 0. The van der Waals surface area contributed by atoms with Gasteiger partial charge in [-0.2, -0.15) is 13.2 Å². The highest BCUT2D eigenvalue weighted by Gasteiger charge is 2.27. The number of hydrogen-bond donors (Lipinski definition) is 1. The van der Waals surface area contributed by atoms with Crippen LogP contribution < -0.4 is 10.1 Å². The van der Waals surface area contributed by atoms with Crippen molar-refractivity contribution >= 4 is 0 Å². The van der Waals surface area contributed by atoms with Gasteiger partial charge in [0.2, 0.25) is 0 Å². The first kappa shape index (κ1) is 15.2. The number of alkyl halides is 3. The lowest BCUT2D eigenvalue weighted by molar-refractivity contribution is -0.125. The predicted molar refractivity (Wildman–Crippen MR) is 72.0 cm³/mol. The molecule has 1 aliphatic rings. The highest BCUT2D eigenvalue weighted by molar-refractivity contribution is 5.40. The molecule has 112 valence electrons. The molecule has 20 heavy (non-hydrogen) atoms. The van der Waals surface area contributed by atoms with E-state index in [1.807, 2.05) is 26.0 Å². The molecule has 0 saturated heterocycles. The molecular weight excluding hydrogens is 267 g/mol. The van der Waals surface area contributed by atoms with E-state index in [0.29, 0.717) is 6.54 Å². The third-order valence-electron chi connectivity index (χ3n) is 3.44. The van der Waals surface area contributed by atoms with Crippen molar-refractivity contribution in [2.45, 2.75) is 39.0 Å². The number of nitrogens with one attached hydrogen (secondary N) is 1. The van der Waals surface area contributed by atoms with Crippen molar-refractivity contribution < 1.29 is 17.9 Å². The molecule has 2 nitrogen and oxygen atoms in total. The number of hydrogen-bond acceptors (Lipinski definition) is 2. The first-order valence-corrected chi connectivity index (χ1v) is 6.87. The van der Waals surface area contributed by atoms with Crippen LogP contribution in [0.1, 0.15) is 24.5 Å². The fourth-order valence-corrected chi connectivity index (χ4v) is 2.57. The summed E-state index contributed by atoms with van der Waals surface area (Å²) in [6.45, 7) is 3.41. The fraction of sp³-hybridized carbons (Fsp3) is 0.600. The van der Waals surface area contributed by atoms with E-state index in [0.717, 1.165) is 18.6 Å². The van der Waals surface area contributed by atoms with Crippen molar-refractivity contribution in [2.24, 2.45) is 5.92 Å². The average Bonchev–Trinajstić information content (AvgIpc) is 2.68. The van der Waals surface area contributed by atoms with Crippen molar-refractivity contribution in [3.63, 3.8) is 0 Å². The number of aryl methyl sites for hydroxylation is 1. The first-order valence-electron chi connectivity index (χ1n) is 6.87. The Morgan fingerprint density at radius 3 is 2.85 bits per heavy atom. The molecule has 0 spiro atoms. The summed E-state index contributed by atoms with van der Waals surface area (Å²) in [7, 11) is 0. The van der Waals surface area contributed by atoms with Gasteiger partial charge in [-0.1, -0.05) is 24.6 Å². The molecule has 0 aliphatic carbocycles. The van der Waals surface area contributed by atoms with Crippen LogP contribution in [0.3, 0.4) is 0 Å². The van der Waals surface area contributed by atoms with Crippen molar-refractivity contribution in [2.75, 3.05) is 13.1 Å². The van der Waals surface area contributed by atoms with Gasteiger partial charge in [0.25, 0.3) is 0 Å². The van der Waals surface area contributed by atoms with Gasteiger partial charge < -0.3 is 10.1 Å². The van der Waals surface area contributed by atoms with Gasteiger partial charge in [0.1, 0.15) is 11.9 Å². The van der Waals surface area contributed by atoms with Crippen LogP contribution in [0, 0.1) is 12.8 Å². The van der Waals surface area contributed by atoms with E-state index in [-0.39, 0.29) is 12.0 Å². The maximum atomic E-state index is 12.0. The van der Waals surface area contributed by atoms with Crippen molar-refractivity contribution in [1.29, 1.82) is 0 Å². The lowest BCUT2D eigenvalue weighted by Gasteiger charge is -2.17. The molecule has 0 bridgehead atoms. The van der Waals surface area contributed by atoms with Crippen LogP contribution in [0.15, 0.2) is 18.2 Å². The zero-order valence-electron chi connectivity index (χ0n) is 11.8. The molecule has 1 N–H and O–H groups in total. The van der Waals surface area contributed by atoms with Gasteiger partial charge in [-0.25, -0.2) is 0 Å². The molecule has 1 aliphatic heterocycles. The van der Waals surface area contributed by atoms with E-state index in [1.54, 1.807) is 0 Å². The maximum absolute atomic E-state index is 12.0. The van der Waals surface area contributed by atoms with Crippen LogP contribution in [0.5, 0.6) is 5.75 Å². The van der Waals surface area contributed by atoms with E-state index >= 15 is 0 Å². The average molecular weight is 287 g/mol. The SMILES string of the molecule is Cc1ccc2c(c1)CC(CC(C)CNCC(F)(F)F)O2. The zero-order chi connectivity index (χ0) is 14.8. The summed E-state index contributed by atoms with van der Waals surface area (Å²) in [5, 5.41) is 2.45. The minimum Gasteiger partial charge on any atom is -0.490 e. The summed E-state index contributed by atoms with van der Waals surface area (Å²) in [6.07, 6.45) is -2.45. The van der Waals surface area contributed by atoms with E-state index in [9.17, 15) is 13.2 Å². The molecule has 0 aromatic heterocycles. The highest BCUT2D eigenvalue weighted by atomic mass is 19.4. The second kappa shape index (κ2) is 6.04. The standard InChI is InChI=1S/C15H20F3NO/c1-10-3-4-14-12(5-10)7-13(20-14)6-11(2)8-19-9-15(16,17)18/h3-5,11,13,19H,6-9H2,1-2H3. The number of fused-ring (bicyclic) bond motifs is 1. The Morgan fingerprint density at radius 2 is 2.15 bits per heavy atom. The van der Waals surface area contributed by atoms with E-state index in [1.165, 1.54) is 11.1 Å². The minimum atomic E-state index is -4.14. The van der Waals surface area contributed by atoms with E-state index < -0.39 is 12.7 Å². The Kier molecular flexibility index (Phi) is 4.58. The van der Waals surface area contributed by atoms with E-state index in [2.05, 4.69) is 11.4 Å². The van der Waals surface area contributed by atoms with Gasteiger partial charge in [0.05, 0.1) is 6.54 Å². The van der Waals surface area contributed by atoms with Gasteiger partial charge in [-0.05, 0) is 37.4 Å². The minimum absolute atomic E-state index is 0.0782. The number of ether oxygens (including phenoxy) is 1. The van der Waals surface area contributed by atoms with Gasteiger partial charge in [-0.15, -0.1) is 0 Å². The second-order valence-corrected chi connectivity index (χ2v) is 5.64. The Labute approximate surface area is 117 Å². The Bertz CT molecular complexity index is 459. The third kappa shape index (κ3) is 4.40. The van der Waals surface area contributed by atoms with Gasteiger partial charge in [-0.3, -0.25) is 0 Å². The molecule has 2 rings (SSSR count). The molecule has 0 saturated carbocycles. The summed E-state index contributed by atoms with van der Waals surface area (Å²) in [5.41, 5.74) is 2.40. The Balaban J connectivity index is 1.76. The van der Waals surface area contributed by atoms with Crippen LogP contribution in [-0.2, 0) is 6.42 Å². The smallest absolute Gasteiger partial charge is 0.401 e. The molecule has 1 aromatic rings. The first-order chi connectivity index (χ1) is 9.33. The summed E-state index contributed by atoms with van der Waals surface area (Å²) in [6, 6.07) is 6.09. The molecule has 5 heteroatoms. The molecule has 0 amide bonds. The summed E-state index contributed by atoms with van der Waals surface area (Å²) in [4.78, 5) is 0. The summed E-state index contributed by atoms with van der Waals surface area (Å²) < 4.78 is 42.0. The van der Waals surface area contributed by atoms with Crippen molar-refractivity contribution in [1.82, 2.24) is 5.32 Å². The molecule has 0 radical (unpaired) electrons. The van der Waals surface area contributed by atoms with Crippen molar-refractivity contribution in [3.05, 3.63) is 29.3 Å². The quantitative estimate of drug-likeness (QED) is 0.895. The van der Waals surface area contributed by atoms with Crippen LogP contribution >= 0.6 is 0 Å². The lowest BCUT2D eigenvalue weighted by Crippen LogP contribution is -2.33. The van der Waals surface area contributed by atoms with Crippen LogP contribution in [-0.4, -0.2) is 25.4 Å². The van der Waals surface area contributed by atoms with Crippen LogP contribution in [0.25, 0.3) is 0 Å².